The SMILES string of the molecule is CCC[C@H](C)COCCN. The maximum Gasteiger partial charge on any atom is 0.0588 e. The molecule has 2 N–H and O–H groups in total. The molecule has 0 aromatic rings. The molecule has 0 aliphatic heterocycles. The molecule has 0 aliphatic rings. The maximum atomic E-state index is 5.27. The summed E-state index contributed by atoms with van der Waals surface area (Å²) >= 11 is 0. The number of rotatable bonds is 6. The minimum atomic E-state index is 0.638. The minimum Gasteiger partial charge on any atom is -0.380 e. The van der Waals surface area contributed by atoms with Crippen molar-refractivity contribution >= 4 is 0 Å². The van der Waals surface area contributed by atoms with E-state index in [9.17, 15) is 0 Å². The topological polar surface area (TPSA) is 35.2 Å². The van der Waals surface area contributed by atoms with Gasteiger partial charge >= 0.3 is 0 Å². The summed E-state index contributed by atoms with van der Waals surface area (Å²) < 4.78 is 5.27. The van der Waals surface area contributed by atoms with Crippen LogP contribution in [-0.4, -0.2) is 19.8 Å². The molecule has 0 fully saturated rings. The lowest BCUT2D eigenvalue weighted by Crippen LogP contribution is -2.12. The molecule has 10 heavy (non-hydrogen) atoms. The fourth-order valence-corrected chi connectivity index (χ4v) is 0.944. The molecule has 0 saturated carbocycles. The van der Waals surface area contributed by atoms with E-state index < -0.39 is 0 Å². The average Bonchev–Trinajstić information content (AvgIpc) is 1.89. The first kappa shape index (κ1) is 9.92. The Kier molecular flexibility index (Phi) is 6.98. The van der Waals surface area contributed by atoms with Crippen molar-refractivity contribution in [3.8, 4) is 0 Å². The average molecular weight is 145 g/mol. The summed E-state index contributed by atoms with van der Waals surface area (Å²) in [4.78, 5) is 0. The molecule has 0 amide bonds. The van der Waals surface area contributed by atoms with Crippen LogP contribution in [0, 0.1) is 5.92 Å². The fraction of sp³-hybridized carbons (Fsp3) is 1.00. The lowest BCUT2D eigenvalue weighted by molar-refractivity contribution is 0.108. The zero-order valence-corrected chi connectivity index (χ0v) is 7.10. The first-order valence-electron chi connectivity index (χ1n) is 4.09. The maximum absolute atomic E-state index is 5.27. The molecule has 2 nitrogen and oxygen atoms in total. The van der Waals surface area contributed by atoms with Crippen LogP contribution in [0.1, 0.15) is 26.7 Å². The summed E-state index contributed by atoms with van der Waals surface area (Å²) in [6.07, 6.45) is 2.50. The summed E-state index contributed by atoms with van der Waals surface area (Å²) in [6.45, 7) is 6.61. The molecule has 0 aliphatic carbocycles. The standard InChI is InChI=1S/C8H19NO/c1-3-4-8(2)7-10-6-5-9/h8H,3-7,9H2,1-2H3/t8-/m0/s1. The van der Waals surface area contributed by atoms with Crippen LogP contribution in [0.4, 0.5) is 0 Å². The van der Waals surface area contributed by atoms with Gasteiger partial charge in [-0.1, -0.05) is 20.3 Å². The Hall–Kier alpha value is -0.0800. The third kappa shape index (κ3) is 6.05. The number of hydrogen-bond donors (Lipinski definition) is 1. The van der Waals surface area contributed by atoms with Gasteiger partial charge in [0, 0.05) is 13.2 Å². The van der Waals surface area contributed by atoms with E-state index in [-0.39, 0.29) is 0 Å². The predicted molar refractivity (Wildman–Crippen MR) is 43.9 cm³/mol. The van der Waals surface area contributed by atoms with Gasteiger partial charge in [0.1, 0.15) is 0 Å². The second-order valence-corrected chi connectivity index (χ2v) is 2.76. The molecule has 1 atom stereocenters. The Bertz CT molecular complexity index is 66.3. The van der Waals surface area contributed by atoms with Crippen LogP contribution in [0.3, 0.4) is 0 Å². The Balaban J connectivity index is 2.97. The van der Waals surface area contributed by atoms with E-state index in [1.807, 2.05) is 0 Å². The van der Waals surface area contributed by atoms with Gasteiger partial charge in [-0.2, -0.15) is 0 Å². The van der Waals surface area contributed by atoms with Crippen molar-refractivity contribution in [2.45, 2.75) is 26.7 Å². The van der Waals surface area contributed by atoms with Gasteiger partial charge in [-0.15, -0.1) is 0 Å². The molecule has 0 rings (SSSR count). The molecule has 62 valence electrons. The van der Waals surface area contributed by atoms with Gasteiger partial charge in [0.15, 0.2) is 0 Å². The van der Waals surface area contributed by atoms with Gasteiger partial charge in [0.2, 0.25) is 0 Å². The quantitative estimate of drug-likeness (QED) is 0.573. The van der Waals surface area contributed by atoms with Crippen LogP contribution < -0.4 is 5.73 Å². The van der Waals surface area contributed by atoms with E-state index in [0.717, 1.165) is 6.61 Å². The van der Waals surface area contributed by atoms with Crippen molar-refractivity contribution in [1.82, 2.24) is 0 Å². The van der Waals surface area contributed by atoms with Crippen LogP contribution in [-0.2, 0) is 4.74 Å². The zero-order valence-electron chi connectivity index (χ0n) is 7.10. The summed E-state index contributed by atoms with van der Waals surface area (Å²) in [6, 6.07) is 0. The van der Waals surface area contributed by atoms with E-state index in [1.54, 1.807) is 0 Å². The van der Waals surface area contributed by atoms with Crippen molar-refractivity contribution in [1.29, 1.82) is 0 Å². The molecular weight excluding hydrogens is 126 g/mol. The molecular formula is C8H19NO. The Morgan fingerprint density at radius 3 is 2.70 bits per heavy atom. The number of nitrogens with two attached hydrogens (primary N) is 1. The highest BCUT2D eigenvalue weighted by atomic mass is 16.5. The highest BCUT2D eigenvalue weighted by molar-refractivity contribution is 4.48. The number of ether oxygens (including phenoxy) is 1. The molecule has 0 radical (unpaired) electrons. The van der Waals surface area contributed by atoms with Gasteiger partial charge in [-0.3, -0.25) is 0 Å². The molecule has 0 saturated heterocycles. The summed E-state index contributed by atoms with van der Waals surface area (Å²) in [5, 5.41) is 0. The van der Waals surface area contributed by atoms with Crippen LogP contribution in [0.25, 0.3) is 0 Å². The molecule has 0 bridgehead atoms. The summed E-state index contributed by atoms with van der Waals surface area (Å²) in [5.41, 5.74) is 5.26. The smallest absolute Gasteiger partial charge is 0.0588 e. The van der Waals surface area contributed by atoms with Crippen LogP contribution in [0.15, 0.2) is 0 Å². The molecule has 0 heterocycles. The predicted octanol–water partition coefficient (Wildman–Crippen LogP) is 1.40. The van der Waals surface area contributed by atoms with E-state index in [1.165, 1.54) is 12.8 Å². The first-order chi connectivity index (χ1) is 4.81. The van der Waals surface area contributed by atoms with E-state index in [4.69, 9.17) is 10.5 Å². The second-order valence-electron chi connectivity index (χ2n) is 2.76. The molecule has 0 aromatic carbocycles. The molecule has 0 spiro atoms. The van der Waals surface area contributed by atoms with Gasteiger partial charge < -0.3 is 10.5 Å². The van der Waals surface area contributed by atoms with Crippen molar-refractivity contribution in [3.05, 3.63) is 0 Å². The van der Waals surface area contributed by atoms with E-state index in [2.05, 4.69) is 13.8 Å². The largest absolute Gasteiger partial charge is 0.380 e. The Morgan fingerprint density at radius 1 is 1.50 bits per heavy atom. The van der Waals surface area contributed by atoms with Crippen LogP contribution in [0.5, 0.6) is 0 Å². The summed E-state index contributed by atoms with van der Waals surface area (Å²) in [5.74, 6) is 0.691. The van der Waals surface area contributed by atoms with Crippen LogP contribution >= 0.6 is 0 Å². The second kappa shape index (κ2) is 7.03. The molecule has 2 heteroatoms. The summed E-state index contributed by atoms with van der Waals surface area (Å²) in [7, 11) is 0. The van der Waals surface area contributed by atoms with Gasteiger partial charge in [0.05, 0.1) is 6.61 Å². The van der Waals surface area contributed by atoms with Crippen molar-refractivity contribution in [2.75, 3.05) is 19.8 Å². The third-order valence-corrected chi connectivity index (χ3v) is 1.45. The monoisotopic (exact) mass is 145 g/mol. The highest BCUT2D eigenvalue weighted by Crippen LogP contribution is 2.04. The lowest BCUT2D eigenvalue weighted by atomic mass is 10.1. The number of hydrogen-bond acceptors (Lipinski definition) is 2. The molecule has 0 unspecified atom stereocenters. The Labute approximate surface area is 63.7 Å². The van der Waals surface area contributed by atoms with Crippen molar-refractivity contribution in [2.24, 2.45) is 11.7 Å². The van der Waals surface area contributed by atoms with Gasteiger partial charge in [-0.05, 0) is 12.3 Å². The fourth-order valence-electron chi connectivity index (χ4n) is 0.944. The normalized spacial score (nSPS) is 13.5. The molecule has 0 aromatic heterocycles. The zero-order chi connectivity index (χ0) is 7.82. The van der Waals surface area contributed by atoms with Crippen molar-refractivity contribution in [3.63, 3.8) is 0 Å². The van der Waals surface area contributed by atoms with Crippen molar-refractivity contribution < 1.29 is 4.74 Å². The lowest BCUT2D eigenvalue weighted by Gasteiger charge is -2.09. The van der Waals surface area contributed by atoms with Crippen LogP contribution in [0.2, 0.25) is 0 Å². The third-order valence-electron chi connectivity index (χ3n) is 1.45. The minimum absolute atomic E-state index is 0.638. The van der Waals surface area contributed by atoms with E-state index in [0.29, 0.717) is 19.1 Å². The van der Waals surface area contributed by atoms with E-state index >= 15 is 0 Å². The Morgan fingerprint density at radius 2 is 2.20 bits per heavy atom. The highest BCUT2D eigenvalue weighted by Gasteiger charge is 1.98. The first-order valence-corrected chi connectivity index (χ1v) is 4.09. The van der Waals surface area contributed by atoms with Gasteiger partial charge in [0.25, 0.3) is 0 Å². The van der Waals surface area contributed by atoms with Gasteiger partial charge in [-0.25, -0.2) is 0 Å².